The minimum Gasteiger partial charge on any atom is -0.369 e. The lowest BCUT2D eigenvalue weighted by Crippen LogP contribution is -2.53. The van der Waals surface area contributed by atoms with Crippen molar-refractivity contribution in [1.29, 1.82) is 5.26 Å². The van der Waals surface area contributed by atoms with E-state index in [1.54, 1.807) is 0 Å². The first-order chi connectivity index (χ1) is 7.63. The topological polar surface area (TPSA) is 53.0 Å². The summed E-state index contributed by atoms with van der Waals surface area (Å²) in [6, 6.07) is 10.6. The van der Waals surface area contributed by atoms with E-state index in [9.17, 15) is 0 Å². The summed E-state index contributed by atoms with van der Waals surface area (Å²) in [6.07, 6.45) is 1.78. The summed E-state index contributed by atoms with van der Waals surface area (Å²) >= 11 is 0. The van der Waals surface area contributed by atoms with Crippen LogP contribution in [0.3, 0.4) is 0 Å². The van der Waals surface area contributed by atoms with Gasteiger partial charge in [0.1, 0.15) is 5.54 Å². The Morgan fingerprint density at radius 3 is 2.69 bits per heavy atom. The molecule has 1 saturated heterocycles. The fraction of sp³-hybridized carbons (Fsp3) is 0.462. The average molecular weight is 215 g/mol. The minimum absolute atomic E-state index is 0.632. The largest absolute Gasteiger partial charge is 0.369 e. The van der Waals surface area contributed by atoms with Crippen LogP contribution in [-0.2, 0) is 0 Å². The van der Waals surface area contributed by atoms with Crippen molar-refractivity contribution >= 4 is 5.69 Å². The van der Waals surface area contributed by atoms with E-state index in [-0.39, 0.29) is 0 Å². The molecular weight excluding hydrogens is 198 g/mol. The van der Waals surface area contributed by atoms with E-state index in [2.05, 4.69) is 42.2 Å². The van der Waals surface area contributed by atoms with E-state index >= 15 is 0 Å². The summed E-state index contributed by atoms with van der Waals surface area (Å²) in [4.78, 5) is 2.20. The van der Waals surface area contributed by atoms with E-state index in [1.165, 1.54) is 5.56 Å². The van der Waals surface area contributed by atoms with E-state index in [0.717, 1.165) is 25.1 Å². The first kappa shape index (κ1) is 11.0. The quantitative estimate of drug-likeness (QED) is 0.777. The van der Waals surface area contributed by atoms with Gasteiger partial charge < -0.3 is 10.6 Å². The van der Waals surface area contributed by atoms with Crippen molar-refractivity contribution in [2.45, 2.75) is 25.3 Å². The van der Waals surface area contributed by atoms with Crippen molar-refractivity contribution in [2.75, 3.05) is 18.0 Å². The second-order valence-corrected chi connectivity index (χ2v) is 4.63. The second kappa shape index (κ2) is 4.15. The summed E-state index contributed by atoms with van der Waals surface area (Å²) in [7, 11) is 0. The molecule has 3 heteroatoms. The Balaban J connectivity index is 2.16. The van der Waals surface area contributed by atoms with Gasteiger partial charge in [-0.15, -0.1) is 0 Å². The van der Waals surface area contributed by atoms with E-state index in [4.69, 9.17) is 11.0 Å². The van der Waals surface area contributed by atoms with E-state index in [0.29, 0.717) is 6.54 Å². The second-order valence-electron chi connectivity index (χ2n) is 4.63. The SMILES string of the molecule is Cc1ccc(N2CCCC(N)(C#N)C2)cc1. The molecule has 0 aromatic heterocycles. The number of anilines is 1. The van der Waals surface area contributed by atoms with Crippen LogP contribution in [0.15, 0.2) is 24.3 Å². The predicted molar refractivity (Wildman–Crippen MR) is 65.2 cm³/mol. The highest BCUT2D eigenvalue weighted by molar-refractivity contribution is 5.49. The third kappa shape index (κ3) is 2.17. The van der Waals surface area contributed by atoms with Crippen LogP contribution in [0.2, 0.25) is 0 Å². The summed E-state index contributed by atoms with van der Waals surface area (Å²) < 4.78 is 0. The summed E-state index contributed by atoms with van der Waals surface area (Å²) in [5, 5.41) is 9.06. The first-order valence-electron chi connectivity index (χ1n) is 5.65. The maximum atomic E-state index is 9.06. The van der Waals surface area contributed by atoms with Gasteiger partial charge in [0.25, 0.3) is 0 Å². The van der Waals surface area contributed by atoms with Gasteiger partial charge in [-0.3, -0.25) is 0 Å². The summed E-state index contributed by atoms with van der Waals surface area (Å²) in [5.74, 6) is 0. The first-order valence-corrected chi connectivity index (χ1v) is 5.65. The van der Waals surface area contributed by atoms with E-state index < -0.39 is 5.54 Å². The molecule has 1 aromatic rings. The normalized spacial score (nSPS) is 25.2. The molecule has 0 radical (unpaired) electrons. The minimum atomic E-state index is -0.677. The van der Waals surface area contributed by atoms with Crippen molar-refractivity contribution in [2.24, 2.45) is 5.73 Å². The van der Waals surface area contributed by atoms with Crippen LogP contribution >= 0.6 is 0 Å². The zero-order valence-corrected chi connectivity index (χ0v) is 9.61. The molecule has 2 rings (SSSR count). The summed E-state index contributed by atoms with van der Waals surface area (Å²) in [5.41, 5.74) is 7.75. The fourth-order valence-corrected chi connectivity index (χ4v) is 2.15. The lowest BCUT2D eigenvalue weighted by atomic mass is 9.91. The van der Waals surface area contributed by atoms with Crippen LogP contribution in [-0.4, -0.2) is 18.6 Å². The Hall–Kier alpha value is -1.53. The molecule has 0 amide bonds. The highest BCUT2D eigenvalue weighted by atomic mass is 15.2. The van der Waals surface area contributed by atoms with Gasteiger partial charge in [-0.25, -0.2) is 0 Å². The monoisotopic (exact) mass is 215 g/mol. The molecule has 1 aromatic carbocycles. The van der Waals surface area contributed by atoms with Gasteiger partial charge in [0.05, 0.1) is 6.07 Å². The highest BCUT2D eigenvalue weighted by Crippen LogP contribution is 2.24. The molecule has 1 aliphatic rings. The molecule has 1 unspecified atom stereocenters. The molecule has 0 spiro atoms. The number of nitriles is 1. The van der Waals surface area contributed by atoms with Crippen molar-refractivity contribution < 1.29 is 0 Å². The smallest absolute Gasteiger partial charge is 0.121 e. The molecule has 1 fully saturated rings. The van der Waals surface area contributed by atoms with Crippen LogP contribution in [0.5, 0.6) is 0 Å². The van der Waals surface area contributed by atoms with Gasteiger partial charge in [-0.2, -0.15) is 5.26 Å². The average Bonchev–Trinajstić information content (AvgIpc) is 2.30. The molecule has 2 N–H and O–H groups in total. The molecule has 3 nitrogen and oxygen atoms in total. The number of aryl methyl sites for hydroxylation is 1. The molecular formula is C13H17N3. The predicted octanol–water partition coefficient (Wildman–Crippen LogP) is 1.82. The Kier molecular flexibility index (Phi) is 2.84. The van der Waals surface area contributed by atoms with E-state index in [1.807, 2.05) is 0 Å². The Morgan fingerprint density at radius 1 is 1.38 bits per heavy atom. The number of rotatable bonds is 1. The Bertz CT molecular complexity index is 404. The molecule has 0 aliphatic carbocycles. The van der Waals surface area contributed by atoms with Crippen LogP contribution < -0.4 is 10.6 Å². The Morgan fingerprint density at radius 2 is 2.06 bits per heavy atom. The molecule has 1 atom stereocenters. The maximum Gasteiger partial charge on any atom is 0.121 e. The molecule has 1 aliphatic heterocycles. The number of nitrogens with two attached hydrogens (primary N) is 1. The van der Waals surface area contributed by atoms with Gasteiger partial charge in [-0.1, -0.05) is 17.7 Å². The standard InChI is InChI=1S/C13H17N3/c1-11-3-5-12(6-4-11)16-8-2-7-13(15,9-14)10-16/h3-6H,2,7-8,10,15H2,1H3. The van der Waals surface area contributed by atoms with Gasteiger partial charge in [-0.05, 0) is 31.9 Å². The van der Waals surface area contributed by atoms with Crippen molar-refractivity contribution in [3.8, 4) is 6.07 Å². The van der Waals surface area contributed by atoms with Crippen LogP contribution in [0.4, 0.5) is 5.69 Å². The van der Waals surface area contributed by atoms with Crippen molar-refractivity contribution in [3.63, 3.8) is 0 Å². The summed E-state index contributed by atoms with van der Waals surface area (Å²) in [6.45, 7) is 3.69. The van der Waals surface area contributed by atoms with Gasteiger partial charge >= 0.3 is 0 Å². The third-order valence-corrected chi connectivity index (χ3v) is 3.15. The lowest BCUT2D eigenvalue weighted by molar-refractivity contribution is 0.424. The number of hydrogen-bond acceptors (Lipinski definition) is 3. The fourth-order valence-electron chi connectivity index (χ4n) is 2.15. The van der Waals surface area contributed by atoms with Crippen LogP contribution in [0.1, 0.15) is 18.4 Å². The molecule has 16 heavy (non-hydrogen) atoms. The van der Waals surface area contributed by atoms with Gasteiger partial charge in [0.2, 0.25) is 0 Å². The zero-order chi connectivity index (χ0) is 11.6. The number of hydrogen-bond donors (Lipinski definition) is 1. The van der Waals surface area contributed by atoms with Crippen LogP contribution in [0.25, 0.3) is 0 Å². The lowest BCUT2D eigenvalue weighted by Gasteiger charge is -2.37. The van der Waals surface area contributed by atoms with Crippen LogP contribution in [0, 0.1) is 18.3 Å². The van der Waals surface area contributed by atoms with Crippen molar-refractivity contribution in [3.05, 3.63) is 29.8 Å². The maximum absolute atomic E-state index is 9.06. The molecule has 0 saturated carbocycles. The molecule has 84 valence electrons. The number of piperidine rings is 1. The molecule has 0 bridgehead atoms. The third-order valence-electron chi connectivity index (χ3n) is 3.15. The van der Waals surface area contributed by atoms with Crippen molar-refractivity contribution in [1.82, 2.24) is 0 Å². The van der Waals surface area contributed by atoms with Gasteiger partial charge in [0, 0.05) is 18.8 Å². The number of benzene rings is 1. The Labute approximate surface area is 96.5 Å². The molecule has 1 heterocycles. The zero-order valence-electron chi connectivity index (χ0n) is 9.61. The number of nitrogens with zero attached hydrogens (tertiary/aromatic N) is 2. The van der Waals surface area contributed by atoms with Gasteiger partial charge in [0.15, 0.2) is 0 Å². The highest BCUT2D eigenvalue weighted by Gasteiger charge is 2.31.